The fraction of sp³-hybridized carbons (Fsp3) is 0.917. The number of fused-ring (bicyclic) bond motifs is 1. The number of nitrogens with two attached hydrogens (primary N) is 1. The summed E-state index contributed by atoms with van der Waals surface area (Å²) >= 11 is 0. The minimum Gasteiger partial charge on any atom is -0.375 e. The van der Waals surface area contributed by atoms with Crippen LogP contribution in [0, 0.1) is 0 Å². The SMILES string of the molecule is COC1C(C(N)=O)OC2OC3(CCCCC3)OC21. The van der Waals surface area contributed by atoms with E-state index >= 15 is 0 Å². The van der Waals surface area contributed by atoms with Crippen LogP contribution in [0.5, 0.6) is 0 Å². The Balaban J connectivity index is 1.75. The fourth-order valence-corrected chi connectivity index (χ4v) is 3.14. The summed E-state index contributed by atoms with van der Waals surface area (Å²) in [7, 11) is 1.53. The number of primary amides is 1. The van der Waals surface area contributed by atoms with Crippen LogP contribution in [-0.2, 0) is 23.7 Å². The molecule has 4 unspecified atom stereocenters. The average molecular weight is 257 g/mol. The van der Waals surface area contributed by atoms with Gasteiger partial charge < -0.3 is 24.7 Å². The van der Waals surface area contributed by atoms with Gasteiger partial charge in [-0.2, -0.15) is 0 Å². The van der Waals surface area contributed by atoms with Gasteiger partial charge in [-0.3, -0.25) is 4.79 Å². The molecular formula is C12H19NO5. The van der Waals surface area contributed by atoms with Crippen LogP contribution in [0.3, 0.4) is 0 Å². The van der Waals surface area contributed by atoms with Crippen LogP contribution in [0.1, 0.15) is 32.1 Å². The Morgan fingerprint density at radius 1 is 1.28 bits per heavy atom. The summed E-state index contributed by atoms with van der Waals surface area (Å²) in [4.78, 5) is 11.3. The normalized spacial score (nSPS) is 42.1. The number of ether oxygens (including phenoxy) is 4. The van der Waals surface area contributed by atoms with Crippen molar-refractivity contribution < 1.29 is 23.7 Å². The topological polar surface area (TPSA) is 80.0 Å². The first-order valence-electron chi connectivity index (χ1n) is 6.48. The van der Waals surface area contributed by atoms with Gasteiger partial charge in [-0.05, 0) is 12.8 Å². The molecule has 2 heterocycles. The first-order valence-corrected chi connectivity index (χ1v) is 6.48. The summed E-state index contributed by atoms with van der Waals surface area (Å²) in [5.74, 6) is -1.08. The highest BCUT2D eigenvalue weighted by molar-refractivity contribution is 5.80. The molecular weight excluding hydrogens is 238 g/mol. The molecule has 2 N–H and O–H groups in total. The molecule has 2 saturated heterocycles. The second-order valence-electron chi connectivity index (χ2n) is 5.20. The minimum absolute atomic E-state index is 0.356. The molecule has 3 fully saturated rings. The highest BCUT2D eigenvalue weighted by Crippen LogP contribution is 2.45. The molecule has 0 bridgehead atoms. The molecule has 1 amide bonds. The number of amides is 1. The van der Waals surface area contributed by atoms with Crippen molar-refractivity contribution >= 4 is 5.91 Å². The van der Waals surface area contributed by atoms with E-state index in [2.05, 4.69) is 0 Å². The maximum absolute atomic E-state index is 11.3. The lowest BCUT2D eigenvalue weighted by atomic mass is 9.94. The van der Waals surface area contributed by atoms with Crippen molar-refractivity contribution in [2.24, 2.45) is 5.73 Å². The molecule has 18 heavy (non-hydrogen) atoms. The molecule has 1 saturated carbocycles. The monoisotopic (exact) mass is 257 g/mol. The number of methoxy groups -OCH3 is 1. The van der Waals surface area contributed by atoms with Gasteiger partial charge in [0.1, 0.15) is 12.2 Å². The molecule has 102 valence electrons. The highest BCUT2D eigenvalue weighted by atomic mass is 16.8. The maximum atomic E-state index is 11.3. The number of carbonyl (C=O) groups is 1. The predicted molar refractivity (Wildman–Crippen MR) is 60.4 cm³/mol. The molecule has 0 aromatic carbocycles. The molecule has 6 nitrogen and oxygen atoms in total. The summed E-state index contributed by atoms with van der Waals surface area (Å²) < 4.78 is 22.7. The first-order chi connectivity index (χ1) is 8.65. The highest BCUT2D eigenvalue weighted by Gasteiger charge is 2.59. The van der Waals surface area contributed by atoms with Gasteiger partial charge in [0.05, 0.1) is 0 Å². The van der Waals surface area contributed by atoms with E-state index in [9.17, 15) is 4.79 Å². The van der Waals surface area contributed by atoms with Gasteiger partial charge in [0.15, 0.2) is 18.2 Å². The van der Waals surface area contributed by atoms with Crippen molar-refractivity contribution in [2.75, 3.05) is 7.11 Å². The number of rotatable bonds is 2. The fourth-order valence-electron chi connectivity index (χ4n) is 3.14. The van der Waals surface area contributed by atoms with Crippen molar-refractivity contribution in [1.29, 1.82) is 0 Å². The Bertz CT molecular complexity index is 341. The first kappa shape index (κ1) is 12.3. The third kappa shape index (κ3) is 1.84. The molecule has 0 aromatic heterocycles. The minimum atomic E-state index is -0.786. The van der Waals surface area contributed by atoms with Crippen molar-refractivity contribution in [3.8, 4) is 0 Å². The van der Waals surface area contributed by atoms with Gasteiger partial charge in [0, 0.05) is 20.0 Å². The third-order valence-electron chi connectivity index (χ3n) is 4.02. The zero-order valence-corrected chi connectivity index (χ0v) is 10.5. The molecule has 4 atom stereocenters. The molecule has 6 heteroatoms. The smallest absolute Gasteiger partial charge is 0.249 e. The average Bonchev–Trinajstić information content (AvgIpc) is 2.83. The molecule has 3 aliphatic rings. The summed E-state index contributed by atoms with van der Waals surface area (Å²) in [5.41, 5.74) is 5.28. The van der Waals surface area contributed by atoms with Crippen LogP contribution in [0.4, 0.5) is 0 Å². The van der Waals surface area contributed by atoms with Crippen molar-refractivity contribution in [3.63, 3.8) is 0 Å². The van der Waals surface area contributed by atoms with Crippen LogP contribution in [0.15, 0.2) is 0 Å². The lowest BCUT2D eigenvalue weighted by molar-refractivity contribution is -0.245. The van der Waals surface area contributed by atoms with Gasteiger partial charge in [0.25, 0.3) is 0 Å². The second-order valence-corrected chi connectivity index (χ2v) is 5.20. The Morgan fingerprint density at radius 3 is 2.61 bits per heavy atom. The van der Waals surface area contributed by atoms with E-state index in [4.69, 9.17) is 24.7 Å². The zero-order chi connectivity index (χ0) is 12.8. The molecule has 2 aliphatic heterocycles. The summed E-state index contributed by atoms with van der Waals surface area (Å²) in [6, 6.07) is 0. The van der Waals surface area contributed by atoms with Crippen molar-refractivity contribution in [1.82, 2.24) is 0 Å². The quantitative estimate of drug-likeness (QED) is 0.769. The third-order valence-corrected chi connectivity index (χ3v) is 4.02. The van der Waals surface area contributed by atoms with Crippen LogP contribution in [0.2, 0.25) is 0 Å². The van der Waals surface area contributed by atoms with Crippen LogP contribution in [-0.4, -0.2) is 43.4 Å². The molecule has 0 aromatic rings. The lowest BCUT2D eigenvalue weighted by Gasteiger charge is -2.33. The second kappa shape index (κ2) is 4.45. The molecule has 0 radical (unpaired) electrons. The Kier molecular flexibility index (Phi) is 3.05. The molecule has 1 aliphatic carbocycles. The maximum Gasteiger partial charge on any atom is 0.249 e. The van der Waals surface area contributed by atoms with Gasteiger partial charge in [-0.25, -0.2) is 0 Å². The molecule has 1 spiro atoms. The predicted octanol–water partition coefficient (Wildman–Crippen LogP) is 0.287. The number of hydrogen-bond donors (Lipinski definition) is 1. The Labute approximate surface area is 106 Å². The number of hydrogen-bond acceptors (Lipinski definition) is 5. The van der Waals surface area contributed by atoms with Gasteiger partial charge >= 0.3 is 0 Å². The van der Waals surface area contributed by atoms with Crippen LogP contribution in [0.25, 0.3) is 0 Å². The van der Waals surface area contributed by atoms with E-state index in [-0.39, 0.29) is 6.10 Å². The van der Waals surface area contributed by atoms with E-state index in [1.54, 1.807) is 0 Å². The zero-order valence-electron chi connectivity index (χ0n) is 10.5. The van der Waals surface area contributed by atoms with E-state index in [1.165, 1.54) is 13.5 Å². The summed E-state index contributed by atoms with van der Waals surface area (Å²) in [6.07, 6.45) is 2.99. The van der Waals surface area contributed by atoms with E-state index in [0.29, 0.717) is 0 Å². The lowest BCUT2D eigenvalue weighted by Crippen LogP contribution is -2.44. The van der Waals surface area contributed by atoms with E-state index in [1.807, 2.05) is 0 Å². The van der Waals surface area contributed by atoms with Crippen LogP contribution >= 0.6 is 0 Å². The van der Waals surface area contributed by atoms with Crippen molar-refractivity contribution in [2.45, 2.75) is 62.5 Å². The van der Waals surface area contributed by atoms with Gasteiger partial charge in [-0.1, -0.05) is 6.42 Å². The van der Waals surface area contributed by atoms with E-state index < -0.39 is 30.2 Å². The van der Waals surface area contributed by atoms with Crippen LogP contribution < -0.4 is 5.73 Å². The summed E-state index contributed by atoms with van der Waals surface area (Å²) in [5, 5.41) is 0. The largest absolute Gasteiger partial charge is 0.375 e. The standard InChI is InChI=1S/C12H19NO5/c1-15-7-8(10(13)14)16-11-9(7)17-12(18-11)5-3-2-4-6-12/h7-9,11H,2-6H2,1H3,(H2,13,14). The van der Waals surface area contributed by atoms with Gasteiger partial charge in [0.2, 0.25) is 5.91 Å². The van der Waals surface area contributed by atoms with E-state index in [0.717, 1.165) is 25.7 Å². The van der Waals surface area contributed by atoms with Gasteiger partial charge in [-0.15, -0.1) is 0 Å². The molecule has 3 rings (SSSR count). The number of carbonyl (C=O) groups excluding carboxylic acids is 1. The Hall–Kier alpha value is -0.690. The Morgan fingerprint density at radius 2 is 2.00 bits per heavy atom. The summed E-state index contributed by atoms with van der Waals surface area (Å²) in [6.45, 7) is 0. The van der Waals surface area contributed by atoms with Crippen molar-refractivity contribution in [3.05, 3.63) is 0 Å².